The maximum Gasteiger partial charge on any atom is 0.220 e. The van der Waals surface area contributed by atoms with Gasteiger partial charge in [0.2, 0.25) is 5.91 Å². The van der Waals surface area contributed by atoms with Crippen LogP contribution in [0, 0.1) is 0 Å². The Hall–Kier alpha value is -1.65. The molecule has 0 saturated carbocycles. The maximum absolute atomic E-state index is 12.0. The Morgan fingerprint density at radius 1 is 1.30 bits per heavy atom. The van der Waals surface area contributed by atoms with Gasteiger partial charge in [0.15, 0.2) is 0 Å². The van der Waals surface area contributed by atoms with Crippen LogP contribution in [0.1, 0.15) is 30.0 Å². The minimum atomic E-state index is 0.153. The zero-order valence-corrected chi connectivity index (χ0v) is 14.4. The molecule has 1 amide bonds. The van der Waals surface area contributed by atoms with E-state index in [-0.39, 0.29) is 5.91 Å². The smallest absolute Gasteiger partial charge is 0.220 e. The zero-order chi connectivity index (χ0) is 16.1. The number of aryl methyl sites for hydroxylation is 1. The van der Waals surface area contributed by atoms with E-state index in [1.807, 2.05) is 0 Å². The van der Waals surface area contributed by atoms with Crippen LogP contribution >= 0.6 is 11.3 Å². The fourth-order valence-electron chi connectivity index (χ4n) is 3.07. The molecule has 0 bridgehead atoms. The summed E-state index contributed by atoms with van der Waals surface area (Å²) in [4.78, 5) is 14.5. The van der Waals surface area contributed by atoms with E-state index in [0.717, 1.165) is 32.5 Å². The second-order valence-corrected chi connectivity index (χ2v) is 7.05. The molecule has 1 aliphatic heterocycles. The summed E-state index contributed by atoms with van der Waals surface area (Å²) < 4.78 is 0. The topological polar surface area (TPSA) is 32.3 Å². The van der Waals surface area contributed by atoms with Gasteiger partial charge in [0.05, 0.1) is 0 Å². The average Bonchev–Trinajstić information content (AvgIpc) is 3.11. The van der Waals surface area contributed by atoms with E-state index in [9.17, 15) is 4.79 Å². The number of rotatable bonds is 6. The lowest BCUT2D eigenvalue weighted by Gasteiger charge is -2.33. The molecule has 3 nitrogen and oxygen atoms in total. The van der Waals surface area contributed by atoms with E-state index in [2.05, 4.69) is 58.2 Å². The van der Waals surface area contributed by atoms with Crippen molar-refractivity contribution in [3.05, 3.63) is 57.8 Å². The first-order chi connectivity index (χ1) is 11.2. The van der Waals surface area contributed by atoms with Crippen molar-refractivity contribution >= 4 is 17.2 Å². The highest BCUT2D eigenvalue weighted by atomic mass is 32.1. The van der Waals surface area contributed by atoms with Crippen LogP contribution in [0.5, 0.6) is 0 Å². The average molecular weight is 328 g/mol. The number of amides is 1. The number of nitrogens with zero attached hydrogens (tertiary/aromatic N) is 1. The summed E-state index contributed by atoms with van der Waals surface area (Å²) in [6.07, 6.45) is 2.51. The van der Waals surface area contributed by atoms with Crippen molar-refractivity contribution in [2.45, 2.75) is 38.8 Å². The lowest BCUT2D eigenvalue weighted by Crippen LogP contribution is -2.44. The highest BCUT2D eigenvalue weighted by Crippen LogP contribution is 2.19. The van der Waals surface area contributed by atoms with E-state index in [1.54, 1.807) is 11.3 Å². The SMILES string of the molecule is CC(CNC(=O)CCc1ccsc1)N1CCc2ccccc2C1. The molecule has 2 aromatic rings. The Bertz CT molecular complexity index is 639. The minimum Gasteiger partial charge on any atom is -0.355 e. The predicted molar refractivity (Wildman–Crippen MR) is 95.7 cm³/mol. The summed E-state index contributed by atoms with van der Waals surface area (Å²) in [7, 11) is 0. The highest BCUT2D eigenvalue weighted by molar-refractivity contribution is 7.07. The normalized spacial score (nSPS) is 15.9. The summed E-state index contributed by atoms with van der Waals surface area (Å²) in [5, 5.41) is 7.26. The van der Waals surface area contributed by atoms with Gasteiger partial charge >= 0.3 is 0 Å². The van der Waals surface area contributed by atoms with Gasteiger partial charge in [-0.25, -0.2) is 0 Å². The van der Waals surface area contributed by atoms with Gasteiger partial charge in [0.25, 0.3) is 0 Å². The van der Waals surface area contributed by atoms with E-state index >= 15 is 0 Å². The quantitative estimate of drug-likeness (QED) is 0.883. The summed E-state index contributed by atoms with van der Waals surface area (Å²) in [6.45, 7) is 4.99. The molecular weight excluding hydrogens is 304 g/mol. The van der Waals surface area contributed by atoms with Crippen LogP contribution in [0.25, 0.3) is 0 Å². The van der Waals surface area contributed by atoms with Crippen molar-refractivity contribution in [1.82, 2.24) is 10.2 Å². The standard InChI is InChI=1S/C19H24N2OS/c1-15(12-20-19(22)7-6-16-9-11-23-14-16)21-10-8-17-4-2-3-5-18(17)13-21/h2-5,9,11,14-15H,6-8,10,12-13H2,1H3,(H,20,22). The molecule has 0 saturated heterocycles. The van der Waals surface area contributed by atoms with Crippen LogP contribution in [0.2, 0.25) is 0 Å². The van der Waals surface area contributed by atoms with Crippen LogP contribution in [0.15, 0.2) is 41.1 Å². The number of nitrogens with one attached hydrogen (secondary N) is 1. The van der Waals surface area contributed by atoms with Gasteiger partial charge in [-0.1, -0.05) is 24.3 Å². The molecule has 1 N–H and O–H groups in total. The summed E-state index contributed by atoms with van der Waals surface area (Å²) in [6, 6.07) is 11.1. The van der Waals surface area contributed by atoms with Gasteiger partial charge < -0.3 is 5.32 Å². The number of thiophene rings is 1. The summed E-state index contributed by atoms with van der Waals surface area (Å²) in [5.41, 5.74) is 4.15. The molecule has 1 unspecified atom stereocenters. The molecule has 3 rings (SSSR count). The fraction of sp³-hybridized carbons (Fsp3) is 0.421. The first-order valence-corrected chi connectivity index (χ1v) is 9.25. The second-order valence-electron chi connectivity index (χ2n) is 6.27. The van der Waals surface area contributed by atoms with E-state index < -0.39 is 0 Å². The maximum atomic E-state index is 12.0. The van der Waals surface area contributed by atoms with Crippen LogP contribution < -0.4 is 5.32 Å². The third-order valence-electron chi connectivity index (χ3n) is 4.60. The number of hydrogen-bond acceptors (Lipinski definition) is 3. The molecule has 1 aromatic carbocycles. The molecule has 0 radical (unpaired) electrons. The molecule has 0 spiro atoms. The van der Waals surface area contributed by atoms with Gasteiger partial charge in [-0.15, -0.1) is 0 Å². The molecule has 1 atom stereocenters. The Balaban J connectivity index is 1.43. The Morgan fingerprint density at radius 2 is 2.13 bits per heavy atom. The number of benzene rings is 1. The first kappa shape index (κ1) is 16.2. The zero-order valence-electron chi connectivity index (χ0n) is 13.6. The molecule has 122 valence electrons. The van der Waals surface area contributed by atoms with Crippen molar-refractivity contribution in [1.29, 1.82) is 0 Å². The van der Waals surface area contributed by atoms with Crippen molar-refractivity contribution in [2.24, 2.45) is 0 Å². The number of carbonyl (C=O) groups excluding carboxylic acids is 1. The van der Waals surface area contributed by atoms with E-state index in [4.69, 9.17) is 0 Å². The molecule has 1 aliphatic rings. The Morgan fingerprint density at radius 3 is 2.91 bits per heavy atom. The minimum absolute atomic E-state index is 0.153. The molecule has 23 heavy (non-hydrogen) atoms. The highest BCUT2D eigenvalue weighted by Gasteiger charge is 2.20. The van der Waals surface area contributed by atoms with Gasteiger partial charge in [-0.05, 0) is 53.3 Å². The fourth-order valence-corrected chi connectivity index (χ4v) is 3.77. The molecular formula is C19H24N2OS. The Kier molecular flexibility index (Phi) is 5.47. The van der Waals surface area contributed by atoms with Crippen molar-refractivity contribution in [3.63, 3.8) is 0 Å². The number of hydrogen-bond donors (Lipinski definition) is 1. The molecule has 1 aromatic heterocycles. The van der Waals surface area contributed by atoms with Gasteiger partial charge in [-0.2, -0.15) is 11.3 Å². The van der Waals surface area contributed by atoms with Crippen molar-refractivity contribution in [2.75, 3.05) is 13.1 Å². The van der Waals surface area contributed by atoms with E-state index in [0.29, 0.717) is 12.5 Å². The van der Waals surface area contributed by atoms with Crippen LogP contribution in [0.3, 0.4) is 0 Å². The molecule has 0 aliphatic carbocycles. The van der Waals surface area contributed by atoms with Crippen molar-refractivity contribution < 1.29 is 4.79 Å². The van der Waals surface area contributed by atoms with Crippen LogP contribution in [-0.2, 0) is 24.2 Å². The molecule has 2 heterocycles. The lowest BCUT2D eigenvalue weighted by molar-refractivity contribution is -0.121. The monoisotopic (exact) mass is 328 g/mol. The third-order valence-corrected chi connectivity index (χ3v) is 5.33. The van der Waals surface area contributed by atoms with Crippen molar-refractivity contribution in [3.8, 4) is 0 Å². The summed E-state index contributed by atoms with van der Waals surface area (Å²) >= 11 is 1.68. The number of carbonyl (C=O) groups is 1. The van der Waals surface area contributed by atoms with Crippen LogP contribution in [-0.4, -0.2) is 29.9 Å². The molecule has 0 fully saturated rings. The van der Waals surface area contributed by atoms with Gasteiger partial charge in [0, 0.05) is 32.1 Å². The first-order valence-electron chi connectivity index (χ1n) is 8.31. The predicted octanol–water partition coefficient (Wildman–Crippen LogP) is 3.24. The number of fused-ring (bicyclic) bond motifs is 1. The van der Waals surface area contributed by atoms with Gasteiger partial charge in [0.1, 0.15) is 0 Å². The Labute approximate surface area is 142 Å². The molecule has 4 heteroatoms. The third kappa shape index (κ3) is 4.43. The van der Waals surface area contributed by atoms with Crippen LogP contribution in [0.4, 0.5) is 0 Å². The largest absolute Gasteiger partial charge is 0.355 e. The summed E-state index contributed by atoms with van der Waals surface area (Å²) in [5.74, 6) is 0.153. The lowest BCUT2D eigenvalue weighted by atomic mass is 9.99. The van der Waals surface area contributed by atoms with Gasteiger partial charge in [-0.3, -0.25) is 9.69 Å². The van der Waals surface area contributed by atoms with E-state index in [1.165, 1.54) is 16.7 Å². The second kappa shape index (κ2) is 7.75.